The van der Waals surface area contributed by atoms with Crippen molar-refractivity contribution in [2.45, 2.75) is 20.3 Å². The van der Waals surface area contributed by atoms with Gasteiger partial charge in [0, 0.05) is 11.6 Å². The van der Waals surface area contributed by atoms with Crippen LogP contribution in [0, 0.1) is 24.6 Å². The molecule has 1 N–H and O–H groups in total. The van der Waals surface area contributed by atoms with E-state index in [9.17, 15) is 9.18 Å². The second kappa shape index (κ2) is 3.65. The molecule has 0 radical (unpaired) electrons. The number of carbonyl (C=O) groups is 1. The van der Waals surface area contributed by atoms with E-state index in [1.165, 1.54) is 12.1 Å². The third-order valence-electron chi connectivity index (χ3n) is 2.89. The Morgan fingerprint density at radius 3 is 2.73 bits per heavy atom. The molecule has 2 nitrogen and oxygen atoms in total. The van der Waals surface area contributed by atoms with Gasteiger partial charge in [0.05, 0.1) is 0 Å². The minimum absolute atomic E-state index is 0.0530. The van der Waals surface area contributed by atoms with Crippen LogP contribution in [-0.4, -0.2) is 5.91 Å². The number of aryl methyl sites for hydroxylation is 1. The lowest BCUT2D eigenvalue weighted by molar-refractivity contribution is -0.117. The lowest BCUT2D eigenvalue weighted by Gasteiger charge is -2.07. The zero-order valence-corrected chi connectivity index (χ0v) is 8.88. The van der Waals surface area contributed by atoms with E-state index in [-0.39, 0.29) is 17.6 Å². The Labute approximate surface area is 88.5 Å². The summed E-state index contributed by atoms with van der Waals surface area (Å²) in [6, 6.07) is 4.39. The number of amides is 1. The van der Waals surface area contributed by atoms with Crippen LogP contribution in [0.3, 0.4) is 0 Å². The summed E-state index contributed by atoms with van der Waals surface area (Å²) in [5.74, 6) is 0.419. The highest BCUT2D eigenvalue weighted by molar-refractivity contribution is 5.94. The summed E-state index contributed by atoms with van der Waals surface area (Å²) < 4.78 is 12.8. The van der Waals surface area contributed by atoms with E-state index in [0.29, 0.717) is 11.6 Å². The van der Waals surface area contributed by atoms with E-state index in [1.54, 1.807) is 13.0 Å². The van der Waals surface area contributed by atoms with Crippen LogP contribution >= 0.6 is 0 Å². The molecule has 1 aromatic carbocycles. The summed E-state index contributed by atoms with van der Waals surface area (Å²) in [4.78, 5) is 11.6. The Hall–Kier alpha value is -1.38. The molecule has 0 saturated heterocycles. The van der Waals surface area contributed by atoms with Crippen molar-refractivity contribution in [3.05, 3.63) is 29.6 Å². The molecule has 80 valence electrons. The molecule has 3 heteroatoms. The summed E-state index contributed by atoms with van der Waals surface area (Å²) >= 11 is 0. The molecule has 15 heavy (non-hydrogen) atoms. The van der Waals surface area contributed by atoms with Crippen molar-refractivity contribution in [3.8, 4) is 0 Å². The topological polar surface area (TPSA) is 29.1 Å². The van der Waals surface area contributed by atoms with Gasteiger partial charge >= 0.3 is 0 Å². The standard InChI is InChI=1S/C12H14FNO/c1-7-6-10(7)12(15)14-11-4-3-9(13)5-8(11)2/h3-5,7,10H,6H2,1-2H3,(H,14,15)/t7-,10-/m1/s1. The van der Waals surface area contributed by atoms with Gasteiger partial charge in [-0.05, 0) is 43.0 Å². The minimum Gasteiger partial charge on any atom is -0.326 e. The molecule has 1 amide bonds. The summed E-state index contributed by atoms with van der Waals surface area (Å²) in [6.07, 6.45) is 0.964. The Morgan fingerprint density at radius 2 is 2.20 bits per heavy atom. The predicted molar refractivity (Wildman–Crippen MR) is 57.0 cm³/mol. The average Bonchev–Trinajstić information content (AvgIpc) is 2.88. The fourth-order valence-corrected chi connectivity index (χ4v) is 1.68. The maximum atomic E-state index is 12.8. The van der Waals surface area contributed by atoms with Crippen molar-refractivity contribution in [2.24, 2.45) is 11.8 Å². The highest BCUT2D eigenvalue weighted by Gasteiger charge is 2.39. The van der Waals surface area contributed by atoms with Crippen molar-refractivity contribution < 1.29 is 9.18 Å². The van der Waals surface area contributed by atoms with E-state index < -0.39 is 0 Å². The molecule has 0 aliphatic heterocycles. The first-order chi connectivity index (χ1) is 7.08. The van der Waals surface area contributed by atoms with Gasteiger partial charge in [-0.15, -0.1) is 0 Å². The van der Waals surface area contributed by atoms with E-state index in [0.717, 1.165) is 12.0 Å². The molecular formula is C12H14FNO. The lowest BCUT2D eigenvalue weighted by atomic mass is 10.2. The smallest absolute Gasteiger partial charge is 0.227 e. The average molecular weight is 207 g/mol. The summed E-state index contributed by atoms with van der Waals surface area (Å²) in [5, 5.41) is 2.82. The van der Waals surface area contributed by atoms with Gasteiger partial charge in [-0.25, -0.2) is 4.39 Å². The van der Waals surface area contributed by atoms with Crippen LogP contribution in [0.2, 0.25) is 0 Å². The van der Waals surface area contributed by atoms with Gasteiger partial charge in [-0.3, -0.25) is 4.79 Å². The third-order valence-corrected chi connectivity index (χ3v) is 2.89. The maximum absolute atomic E-state index is 12.8. The number of hydrogen-bond acceptors (Lipinski definition) is 1. The summed E-state index contributed by atoms with van der Waals surface area (Å²) in [6.45, 7) is 3.84. The van der Waals surface area contributed by atoms with Gasteiger partial charge in [0.1, 0.15) is 5.82 Å². The molecule has 0 spiro atoms. The highest BCUT2D eigenvalue weighted by Crippen LogP contribution is 2.38. The molecule has 0 aromatic heterocycles. The van der Waals surface area contributed by atoms with Crippen molar-refractivity contribution >= 4 is 11.6 Å². The van der Waals surface area contributed by atoms with Crippen LogP contribution in [-0.2, 0) is 4.79 Å². The van der Waals surface area contributed by atoms with Gasteiger partial charge in [-0.1, -0.05) is 6.92 Å². The zero-order valence-electron chi connectivity index (χ0n) is 8.88. The van der Waals surface area contributed by atoms with Crippen LogP contribution in [0.15, 0.2) is 18.2 Å². The van der Waals surface area contributed by atoms with E-state index in [2.05, 4.69) is 12.2 Å². The Balaban J connectivity index is 2.07. The van der Waals surface area contributed by atoms with Crippen LogP contribution in [0.1, 0.15) is 18.9 Å². The van der Waals surface area contributed by atoms with Crippen LogP contribution in [0.25, 0.3) is 0 Å². The minimum atomic E-state index is -0.273. The first-order valence-electron chi connectivity index (χ1n) is 5.15. The predicted octanol–water partition coefficient (Wildman–Crippen LogP) is 2.73. The van der Waals surface area contributed by atoms with Crippen LogP contribution in [0.4, 0.5) is 10.1 Å². The SMILES string of the molecule is Cc1cc(F)ccc1NC(=O)[C@@H]1C[C@H]1C. The molecule has 0 unspecified atom stereocenters. The van der Waals surface area contributed by atoms with Gasteiger partial charge in [0.25, 0.3) is 0 Å². The van der Waals surface area contributed by atoms with E-state index in [4.69, 9.17) is 0 Å². The zero-order chi connectivity index (χ0) is 11.0. The molecular weight excluding hydrogens is 193 g/mol. The Bertz CT molecular complexity index is 403. The fraction of sp³-hybridized carbons (Fsp3) is 0.417. The number of benzene rings is 1. The van der Waals surface area contributed by atoms with E-state index >= 15 is 0 Å². The second-order valence-electron chi connectivity index (χ2n) is 4.27. The molecule has 1 fully saturated rings. The van der Waals surface area contributed by atoms with Gasteiger partial charge in [0.15, 0.2) is 0 Å². The normalized spacial score (nSPS) is 23.7. The first kappa shape index (κ1) is 10.1. The molecule has 0 heterocycles. The molecule has 1 saturated carbocycles. The molecule has 2 atom stereocenters. The van der Waals surface area contributed by atoms with Crippen molar-refractivity contribution in [1.29, 1.82) is 0 Å². The Morgan fingerprint density at radius 1 is 1.53 bits per heavy atom. The molecule has 0 bridgehead atoms. The maximum Gasteiger partial charge on any atom is 0.227 e. The number of anilines is 1. The van der Waals surface area contributed by atoms with Gasteiger partial charge in [-0.2, -0.15) is 0 Å². The molecule has 2 rings (SSSR count). The van der Waals surface area contributed by atoms with Gasteiger partial charge < -0.3 is 5.32 Å². The molecule has 1 aliphatic rings. The Kier molecular flexibility index (Phi) is 2.47. The monoisotopic (exact) mass is 207 g/mol. The number of halogens is 1. The second-order valence-corrected chi connectivity index (χ2v) is 4.27. The largest absolute Gasteiger partial charge is 0.326 e. The quantitative estimate of drug-likeness (QED) is 0.793. The highest BCUT2D eigenvalue weighted by atomic mass is 19.1. The number of rotatable bonds is 2. The summed E-state index contributed by atoms with van der Waals surface area (Å²) in [5.41, 5.74) is 1.47. The van der Waals surface area contributed by atoms with Crippen molar-refractivity contribution in [2.75, 3.05) is 5.32 Å². The summed E-state index contributed by atoms with van der Waals surface area (Å²) in [7, 11) is 0. The number of carbonyl (C=O) groups excluding carboxylic acids is 1. The van der Waals surface area contributed by atoms with Crippen LogP contribution in [0.5, 0.6) is 0 Å². The fourth-order valence-electron chi connectivity index (χ4n) is 1.68. The van der Waals surface area contributed by atoms with Crippen molar-refractivity contribution in [1.82, 2.24) is 0 Å². The molecule has 1 aliphatic carbocycles. The van der Waals surface area contributed by atoms with Crippen LogP contribution < -0.4 is 5.32 Å². The third kappa shape index (κ3) is 2.17. The van der Waals surface area contributed by atoms with Crippen molar-refractivity contribution in [3.63, 3.8) is 0 Å². The number of hydrogen-bond donors (Lipinski definition) is 1. The molecule has 1 aromatic rings. The van der Waals surface area contributed by atoms with Gasteiger partial charge in [0.2, 0.25) is 5.91 Å². The first-order valence-corrected chi connectivity index (χ1v) is 5.15. The number of nitrogens with one attached hydrogen (secondary N) is 1. The lowest BCUT2D eigenvalue weighted by Crippen LogP contribution is -2.15. The van der Waals surface area contributed by atoms with E-state index in [1.807, 2.05) is 0 Å².